The van der Waals surface area contributed by atoms with Crippen LogP contribution in [0.3, 0.4) is 0 Å². The Balaban J connectivity index is 1.42. The minimum Gasteiger partial charge on any atom is -0.455 e. The molecule has 2 aliphatic heterocycles. The Labute approximate surface area is 338 Å². The van der Waals surface area contributed by atoms with E-state index in [1.54, 1.807) is 6.08 Å². The Kier molecular flexibility index (Phi) is 14.8. The van der Waals surface area contributed by atoms with E-state index in [4.69, 9.17) is 30.2 Å². The molecule has 0 radical (unpaired) electrons. The van der Waals surface area contributed by atoms with Crippen LogP contribution >= 0.6 is 37.0 Å². The second kappa shape index (κ2) is 18.9. The van der Waals surface area contributed by atoms with Gasteiger partial charge in [0, 0.05) is 29.5 Å². The van der Waals surface area contributed by atoms with Crippen molar-refractivity contribution in [3.8, 4) is 0 Å². The highest BCUT2D eigenvalue weighted by Crippen LogP contribution is 2.56. The third-order valence-corrected chi connectivity index (χ3v) is 14.3. The summed E-state index contributed by atoms with van der Waals surface area (Å²) in [7, 11) is -7.28. The summed E-state index contributed by atoms with van der Waals surface area (Å²) >= 11 is 0. The number of hydrogen-bond acceptors (Lipinski definition) is 19. The van der Waals surface area contributed by atoms with E-state index in [0.29, 0.717) is 6.42 Å². The van der Waals surface area contributed by atoms with Gasteiger partial charge in [0.2, 0.25) is 5.91 Å². The Morgan fingerprint density at radius 2 is 1.84 bits per heavy atom. The van der Waals surface area contributed by atoms with Gasteiger partial charge in [0.25, 0.3) is 0 Å². The van der Waals surface area contributed by atoms with E-state index >= 15 is 0 Å². The summed E-state index contributed by atoms with van der Waals surface area (Å²) in [4.78, 5) is 85.2. The predicted molar refractivity (Wildman–Crippen MR) is 210 cm³/mol. The zero-order valence-electron chi connectivity index (χ0n) is 31.4. The van der Waals surface area contributed by atoms with Gasteiger partial charge < -0.3 is 55.3 Å². The number of nitrogens with one attached hydrogen (secondary N) is 1. The molecule has 2 saturated heterocycles. The van der Waals surface area contributed by atoms with Crippen molar-refractivity contribution in [3.05, 3.63) is 48.1 Å². The summed E-state index contributed by atoms with van der Waals surface area (Å²) in [5.41, 5.74) is 9.41. The molecule has 3 aromatic rings. The van der Waals surface area contributed by atoms with Crippen LogP contribution in [0.2, 0.25) is 0 Å². The van der Waals surface area contributed by atoms with Crippen LogP contribution in [0.4, 0.5) is 11.6 Å². The van der Waals surface area contributed by atoms with Crippen LogP contribution in [0.1, 0.15) is 52.5 Å². The molecule has 27 heteroatoms. The van der Waals surface area contributed by atoms with Gasteiger partial charge in [-0.25, -0.2) is 29.1 Å². The quantitative estimate of drug-likeness (QED) is 0.0405. The van der Waals surface area contributed by atoms with Crippen LogP contribution in [-0.2, 0) is 42.0 Å². The summed E-state index contributed by atoms with van der Waals surface area (Å²) < 4.78 is 55.5. The fourth-order valence-electron chi connectivity index (χ4n) is 5.92. The number of amides is 1. The number of aliphatic hydroxyl groups excluding tert-OH is 1. The number of carbonyl (C=O) groups is 2. The lowest BCUT2D eigenvalue weighted by atomic mass is 10.1. The maximum atomic E-state index is 14.0. The summed E-state index contributed by atoms with van der Waals surface area (Å²) in [6, 6.07) is 0.0714. The van der Waals surface area contributed by atoms with E-state index in [1.807, 2.05) is 20.8 Å². The first-order chi connectivity index (χ1) is 27.2. The number of aromatic nitrogens is 6. The number of phosphoric acid groups is 1. The minimum atomic E-state index is -5.10. The first-order valence-electron chi connectivity index (χ1n) is 17.5. The van der Waals surface area contributed by atoms with Crippen LogP contribution < -0.4 is 22.5 Å². The molecule has 2 fully saturated rings. The van der Waals surface area contributed by atoms with Crippen molar-refractivity contribution in [2.24, 2.45) is 0 Å². The molecule has 5 rings (SSSR count). The van der Waals surface area contributed by atoms with Crippen LogP contribution in [0.15, 0.2) is 42.4 Å². The number of hydrogen-bond donors (Lipinski definition) is 7. The molecule has 0 spiro atoms. The molecule has 1 amide bonds. The summed E-state index contributed by atoms with van der Waals surface area (Å²) in [6.45, 7) is 7.81. The van der Waals surface area contributed by atoms with Crippen molar-refractivity contribution in [2.75, 3.05) is 30.4 Å². The van der Waals surface area contributed by atoms with Gasteiger partial charge in [0.1, 0.15) is 42.1 Å². The molecule has 0 saturated carbocycles. The fraction of sp³-hybridized carbons (Fsp3) is 0.581. The first-order valence-corrected chi connectivity index (χ1v) is 23.0. The molecule has 9 atom stereocenters. The third-order valence-electron chi connectivity index (χ3n) is 8.58. The zero-order chi connectivity index (χ0) is 42.6. The molecule has 3 unspecified atom stereocenters. The second-order valence-electron chi connectivity index (χ2n) is 14.1. The van der Waals surface area contributed by atoms with Crippen molar-refractivity contribution in [1.82, 2.24) is 34.4 Å². The third kappa shape index (κ3) is 11.6. The maximum Gasteiger partial charge on any atom is 0.469 e. The lowest BCUT2D eigenvalue weighted by molar-refractivity contribution is -0.159. The molecule has 3 aromatic heterocycles. The lowest BCUT2D eigenvalue weighted by Gasteiger charge is -2.27. The summed E-state index contributed by atoms with van der Waals surface area (Å²) in [6.07, 6.45) is -3.75. The van der Waals surface area contributed by atoms with Crippen LogP contribution in [-0.4, -0.2) is 121 Å². The number of anilines is 2. The van der Waals surface area contributed by atoms with Crippen LogP contribution in [0, 0.1) is 0 Å². The molecule has 2 aliphatic rings. The van der Waals surface area contributed by atoms with E-state index in [2.05, 4.69) is 36.4 Å². The molecule has 5 heterocycles. The van der Waals surface area contributed by atoms with E-state index in [-0.39, 0.29) is 39.7 Å². The smallest absolute Gasteiger partial charge is 0.455 e. The molecule has 9 N–H and O–H groups in total. The second-order valence-corrected chi connectivity index (χ2v) is 20.5. The van der Waals surface area contributed by atoms with Crippen molar-refractivity contribution >= 4 is 71.7 Å². The number of rotatable bonds is 18. The highest BCUT2D eigenvalue weighted by molar-refractivity contribution is 8.77. The van der Waals surface area contributed by atoms with E-state index in [0.717, 1.165) is 10.9 Å². The van der Waals surface area contributed by atoms with Crippen molar-refractivity contribution in [2.45, 2.75) is 93.4 Å². The van der Waals surface area contributed by atoms with Gasteiger partial charge in [-0.3, -0.25) is 23.0 Å². The van der Waals surface area contributed by atoms with Crippen LogP contribution in [0.25, 0.3) is 11.2 Å². The van der Waals surface area contributed by atoms with Gasteiger partial charge in [-0.05, 0) is 12.5 Å². The number of nitrogen functional groups attached to an aromatic ring is 2. The van der Waals surface area contributed by atoms with Gasteiger partial charge in [-0.1, -0.05) is 48.4 Å². The highest BCUT2D eigenvalue weighted by atomic mass is 33.1. The average molecular weight is 894 g/mol. The fourth-order valence-corrected chi connectivity index (χ4v) is 10.3. The largest absolute Gasteiger partial charge is 0.469 e. The number of esters is 1. The molecule has 0 bridgehead atoms. The van der Waals surface area contributed by atoms with Crippen molar-refractivity contribution < 1.29 is 61.8 Å². The Morgan fingerprint density at radius 3 is 2.52 bits per heavy atom. The molecule has 58 heavy (non-hydrogen) atoms. The van der Waals surface area contributed by atoms with E-state index in [9.17, 15) is 43.3 Å². The van der Waals surface area contributed by atoms with Gasteiger partial charge >= 0.3 is 27.1 Å². The molecular weight excluding hydrogens is 848 g/mol. The van der Waals surface area contributed by atoms with Gasteiger partial charge in [0.15, 0.2) is 23.8 Å². The number of aliphatic hydroxyl groups is 1. The number of allylic oxidation sites excluding steroid dienone is 1. The maximum absolute atomic E-state index is 14.0. The number of imidazole rings is 1. The van der Waals surface area contributed by atoms with Crippen LogP contribution in [0.5, 0.6) is 0 Å². The molecule has 320 valence electrons. The molecule has 0 aliphatic carbocycles. The number of ether oxygens (including phenoxy) is 3. The topological polar surface area (TPSA) is 338 Å². The van der Waals surface area contributed by atoms with Gasteiger partial charge in [0.05, 0.1) is 31.3 Å². The zero-order valence-corrected chi connectivity index (χ0v) is 34.8. The minimum absolute atomic E-state index is 0.0207. The summed E-state index contributed by atoms with van der Waals surface area (Å²) in [5.74, 6) is -1.43. The molecule has 23 nitrogen and oxygen atoms in total. The summed E-state index contributed by atoms with van der Waals surface area (Å²) in [5, 5.41) is 14.3. The lowest BCUT2D eigenvalue weighted by Crippen LogP contribution is -2.47. The van der Waals surface area contributed by atoms with E-state index in [1.165, 1.54) is 44.7 Å². The monoisotopic (exact) mass is 893 g/mol. The highest BCUT2D eigenvalue weighted by Gasteiger charge is 2.52. The van der Waals surface area contributed by atoms with E-state index < -0.39 is 101 Å². The standard InChI is InChI=1S/C31H45N9O14P2S2/c1-5-6-7-21(41)37-16(13-57-58-31(2,3)4)29(43)54-25-18(53-28(24(25)42)40-15-36-23-26(33)34-14-35-27(23)40)12-50-55(45,46)19-10-22(39-9-8-20(32)38-30(39)44)52-17(19)11-51-56(47,48)49/h5,8-9,14-19,22,24-25,28,42H,1,6-7,10-13H2,2-4H3,(H,37,41)(H,45,46)(H2,32,38,44)(H2,33,34,35)(H2,47,48,49)/t16-,17?,18?,19-,22+,24+,25+,28+/m0/s1. The first kappa shape index (κ1) is 45.6. The van der Waals surface area contributed by atoms with Crippen molar-refractivity contribution in [3.63, 3.8) is 0 Å². The predicted octanol–water partition coefficient (Wildman–Crippen LogP) is 1.02. The van der Waals surface area contributed by atoms with Crippen molar-refractivity contribution in [1.29, 1.82) is 0 Å². The molecule has 0 aromatic carbocycles. The number of nitrogens with two attached hydrogens (primary N) is 2. The normalized spacial score (nSPS) is 25.3. The Bertz CT molecular complexity index is 2120. The number of phosphoric ester groups is 1. The number of fused-ring (bicyclic) bond motifs is 1. The molecular formula is C31H45N9O14P2S2. The SMILES string of the molecule is C=CCCC(=O)N[C@@H](CSSC(C)(C)C)C(=O)O[C@@H]1C(COP(=O)(O)[C@H]2C[C@H](n3ccc(N)nc3=O)OC2COP(=O)(O)O)O[C@@H](n2cnc3c(N)ncnc32)[C@@H]1O. The van der Waals surface area contributed by atoms with Gasteiger partial charge in [-0.15, -0.1) is 6.58 Å². The Morgan fingerprint density at radius 1 is 1.12 bits per heavy atom. The Hall–Kier alpha value is -3.45. The average Bonchev–Trinajstić information content (AvgIpc) is 3.84. The number of nitrogens with zero attached hydrogens (tertiary/aromatic N) is 6. The van der Waals surface area contributed by atoms with Gasteiger partial charge in [-0.2, -0.15) is 4.98 Å². The number of carbonyl (C=O) groups excluding carboxylic acids is 2.